The number of nitrogens with one attached hydrogen (secondary N) is 1. The van der Waals surface area contributed by atoms with Gasteiger partial charge in [-0.15, -0.1) is 0 Å². The van der Waals surface area contributed by atoms with E-state index in [2.05, 4.69) is 5.32 Å². The number of phenolic OH excluding ortho intramolecular Hbond substituents is 1. The highest BCUT2D eigenvalue weighted by molar-refractivity contribution is 5.95. The topological polar surface area (TPSA) is 78.9 Å². The maximum absolute atomic E-state index is 13.2. The number of likely N-dealkylation sites (tertiary alicyclic amines) is 1. The Hall–Kier alpha value is -2.29. The minimum Gasteiger partial charge on any atom is -0.506 e. The number of carbonyl (C=O) groups is 2. The first kappa shape index (κ1) is 21.9. The van der Waals surface area contributed by atoms with Crippen molar-refractivity contribution in [2.24, 2.45) is 5.41 Å². The Morgan fingerprint density at radius 1 is 1.26 bits per heavy atom. The highest BCUT2D eigenvalue weighted by Crippen LogP contribution is 2.57. The lowest BCUT2D eigenvalue weighted by atomic mass is 9.51. The van der Waals surface area contributed by atoms with Crippen LogP contribution in [-0.2, 0) is 26.2 Å². The van der Waals surface area contributed by atoms with Crippen LogP contribution in [0.4, 0.5) is 18.9 Å². The fraction of sp³-hybridized carbons (Fsp3) is 0.636. The average Bonchev–Trinajstić information content (AvgIpc) is 3.20. The third kappa shape index (κ3) is 3.37. The third-order valence-electron chi connectivity index (χ3n) is 7.70. The number of benzene rings is 1. The van der Waals surface area contributed by atoms with Gasteiger partial charge in [-0.2, -0.15) is 13.2 Å². The molecule has 1 aromatic carbocycles. The van der Waals surface area contributed by atoms with E-state index in [0.717, 1.165) is 16.9 Å². The molecule has 2 N–H and O–H groups in total. The lowest BCUT2D eigenvalue weighted by Crippen LogP contribution is -2.66. The molecule has 2 amide bonds. The van der Waals surface area contributed by atoms with Crippen LogP contribution in [0.25, 0.3) is 0 Å². The molecule has 2 aliphatic heterocycles. The summed E-state index contributed by atoms with van der Waals surface area (Å²) in [5, 5.41) is 13.3. The lowest BCUT2D eigenvalue weighted by Gasteiger charge is -2.60. The van der Waals surface area contributed by atoms with Gasteiger partial charge in [0.25, 0.3) is 5.91 Å². The van der Waals surface area contributed by atoms with Crippen molar-refractivity contribution in [1.29, 1.82) is 0 Å². The van der Waals surface area contributed by atoms with Crippen LogP contribution >= 0.6 is 0 Å². The van der Waals surface area contributed by atoms with E-state index >= 15 is 0 Å². The van der Waals surface area contributed by atoms with Gasteiger partial charge < -0.3 is 20.1 Å². The number of fused-ring (bicyclic) bond motifs is 4. The third-order valence-corrected chi connectivity index (χ3v) is 7.70. The van der Waals surface area contributed by atoms with Gasteiger partial charge in [0.05, 0.1) is 5.69 Å². The number of anilines is 1. The number of hydrogen-bond donors (Lipinski definition) is 2. The first-order chi connectivity index (χ1) is 14.4. The Morgan fingerprint density at radius 3 is 2.58 bits per heavy atom. The number of nitrogens with zero attached hydrogens (tertiary/aromatic N) is 1. The molecule has 2 fully saturated rings. The predicted molar refractivity (Wildman–Crippen MR) is 107 cm³/mol. The SMILES string of the molecule is CC1(C)[C@H]2Cc3cc(O)c(NC(=O)C4CCCO4)cc3[C@]1(C)CCN2C(=O)C(F)(F)F. The molecule has 170 valence electrons. The summed E-state index contributed by atoms with van der Waals surface area (Å²) in [6.45, 7) is 6.27. The summed E-state index contributed by atoms with van der Waals surface area (Å²) >= 11 is 0. The van der Waals surface area contributed by atoms with Crippen LogP contribution in [0, 0.1) is 5.41 Å². The molecule has 9 heteroatoms. The summed E-state index contributed by atoms with van der Waals surface area (Å²) in [6.07, 6.45) is -3.52. The van der Waals surface area contributed by atoms with Crippen molar-refractivity contribution in [1.82, 2.24) is 4.90 Å². The normalized spacial score (nSPS) is 29.4. The van der Waals surface area contributed by atoms with Gasteiger partial charge in [0, 0.05) is 24.6 Å². The predicted octanol–water partition coefficient (Wildman–Crippen LogP) is 3.51. The number of ether oxygens (including phenoxy) is 1. The number of piperidine rings is 1. The molecule has 6 nitrogen and oxygen atoms in total. The Morgan fingerprint density at radius 2 is 1.97 bits per heavy atom. The Balaban J connectivity index is 1.70. The molecule has 2 heterocycles. The van der Waals surface area contributed by atoms with Crippen LogP contribution in [0.5, 0.6) is 5.75 Å². The fourth-order valence-electron chi connectivity index (χ4n) is 5.45. The van der Waals surface area contributed by atoms with Gasteiger partial charge in [-0.1, -0.05) is 20.8 Å². The van der Waals surface area contributed by atoms with E-state index in [1.165, 1.54) is 6.07 Å². The summed E-state index contributed by atoms with van der Waals surface area (Å²) in [5.41, 5.74) is 0.660. The van der Waals surface area contributed by atoms with Gasteiger partial charge in [0.15, 0.2) is 0 Å². The van der Waals surface area contributed by atoms with Gasteiger partial charge in [-0.25, -0.2) is 0 Å². The van der Waals surface area contributed by atoms with E-state index in [0.29, 0.717) is 25.0 Å². The molecule has 2 saturated heterocycles. The van der Waals surface area contributed by atoms with Crippen LogP contribution in [0.3, 0.4) is 0 Å². The minimum absolute atomic E-state index is 0.000856. The maximum Gasteiger partial charge on any atom is 0.471 e. The second kappa shape index (κ2) is 7.12. The monoisotopic (exact) mass is 440 g/mol. The second-order valence-corrected chi connectivity index (χ2v) is 9.54. The van der Waals surface area contributed by atoms with Gasteiger partial charge in [0.2, 0.25) is 0 Å². The van der Waals surface area contributed by atoms with Gasteiger partial charge in [-0.3, -0.25) is 9.59 Å². The van der Waals surface area contributed by atoms with E-state index in [4.69, 9.17) is 4.74 Å². The average molecular weight is 440 g/mol. The Bertz CT molecular complexity index is 924. The van der Waals surface area contributed by atoms with E-state index < -0.39 is 35.1 Å². The Kier molecular flexibility index (Phi) is 5.03. The molecule has 4 rings (SSSR count). The quantitative estimate of drug-likeness (QED) is 0.690. The fourth-order valence-corrected chi connectivity index (χ4v) is 5.45. The summed E-state index contributed by atoms with van der Waals surface area (Å²) in [5.74, 6) is -2.29. The molecular weight excluding hydrogens is 413 g/mol. The van der Waals surface area contributed by atoms with Crippen molar-refractivity contribution in [3.05, 3.63) is 23.3 Å². The number of amides is 2. The number of carbonyl (C=O) groups excluding carboxylic acids is 2. The number of alkyl halides is 3. The number of hydrogen-bond acceptors (Lipinski definition) is 4. The van der Waals surface area contributed by atoms with Crippen molar-refractivity contribution in [2.75, 3.05) is 18.5 Å². The molecular formula is C22H27F3N2O4. The summed E-state index contributed by atoms with van der Waals surface area (Å²) in [6, 6.07) is 2.58. The molecule has 2 bridgehead atoms. The highest BCUT2D eigenvalue weighted by atomic mass is 19.4. The van der Waals surface area contributed by atoms with E-state index in [1.54, 1.807) is 6.07 Å². The number of rotatable bonds is 2. The number of phenols is 1. The molecule has 3 aliphatic rings. The molecule has 0 aromatic heterocycles. The summed E-state index contributed by atoms with van der Waals surface area (Å²) < 4.78 is 45.0. The lowest BCUT2D eigenvalue weighted by molar-refractivity contribution is -0.195. The summed E-state index contributed by atoms with van der Waals surface area (Å²) in [7, 11) is 0. The van der Waals surface area contributed by atoms with E-state index in [9.17, 15) is 27.9 Å². The largest absolute Gasteiger partial charge is 0.506 e. The van der Waals surface area contributed by atoms with Gasteiger partial charge in [0.1, 0.15) is 11.9 Å². The molecule has 3 atom stereocenters. The highest BCUT2D eigenvalue weighted by Gasteiger charge is 2.59. The first-order valence-corrected chi connectivity index (χ1v) is 10.5. The van der Waals surface area contributed by atoms with Crippen LogP contribution in [0.2, 0.25) is 0 Å². The van der Waals surface area contributed by atoms with Gasteiger partial charge in [-0.05, 0) is 54.4 Å². The zero-order chi connectivity index (χ0) is 22.8. The molecule has 31 heavy (non-hydrogen) atoms. The first-order valence-electron chi connectivity index (χ1n) is 10.5. The van der Waals surface area contributed by atoms with Crippen molar-refractivity contribution < 1.29 is 32.6 Å². The van der Waals surface area contributed by atoms with Crippen molar-refractivity contribution in [3.8, 4) is 5.75 Å². The molecule has 0 saturated carbocycles. The molecule has 0 spiro atoms. The molecule has 0 radical (unpaired) electrons. The van der Waals surface area contributed by atoms with Crippen molar-refractivity contribution in [2.45, 2.75) is 70.2 Å². The molecule has 1 unspecified atom stereocenters. The van der Waals surface area contributed by atoms with E-state index in [1.807, 2.05) is 20.8 Å². The zero-order valence-corrected chi connectivity index (χ0v) is 17.8. The van der Waals surface area contributed by atoms with Gasteiger partial charge >= 0.3 is 12.1 Å². The molecule has 1 aliphatic carbocycles. The maximum atomic E-state index is 13.2. The van der Waals surface area contributed by atoms with Crippen LogP contribution in [-0.4, -0.2) is 53.3 Å². The van der Waals surface area contributed by atoms with Crippen molar-refractivity contribution in [3.63, 3.8) is 0 Å². The Labute approximate surface area is 178 Å². The minimum atomic E-state index is -4.93. The number of halogens is 3. The van der Waals surface area contributed by atoms with Crippen molar-refractivity contribution >= 4 is 17.5 Å². The van der Waals surface area contributed by atoms with Crippen LogP contribution in [0.1, 0.15) is 51.2 Å². The van der Waals surface area contributed by atoms with E-state index in [-0.39, 0.29) is 30.3 Å². The standard InChI is InChI=1S/C22H27F3N2O4/c1-20(2)17-10-12-9-15(28)14(26-18(29)16-5-4-8-31-16)11-13(12)21(20,3)6-7-27(17)19(30)22(23,24)25/h9,11,16-17,28H,4-8,10H2,1-3H3,(H,26,29)/t16?,17-,21+/m1/s1. The zero-order valence-electron chi connectivity index (χ0n) is 17.8. The number of aromatic hydroxyl groups is 1. The smallest absolute Gasteiger partial charge is 0.471 e. The summed E-state index contributed by atoms with van der Waals surface area (Å²) in [4.78, 5) is 25.5. The van der Waals surface area contributed by atoms with Crippen LogP contribution < -0.4 is 5.32 Å². The second-order valence-electron chi connectivity index (χ2n) is 9.54. The molecule has 1 aromatic rings. The van der Waals surface area contributed by atoms with Crippen LogP contribution in [0.15, 0.2) is 12.1 Å².